The molecule has 8 heteroatoms. The first-order chi connectivity index (χ1) is 8.81. The van der Waals surface area contributed by atoms with Crippen LogP contribution in [-0.4, -0.2) is 57.0 Å². The van der Waals surface area contributed by atoms with Crippen LogP contribution < -0.4 is 0 Å². The lowest BCUT2D eigenvalue weighted by atomic mass is 10.1. The SMILES string of the molecule is Cc1cc([C@H]2C[C@H](O)CN2C)on1.O=C(O)C(=O)O. The van der Waals surface area contributed by atoms with Crippen LogP contribution in [0.1, 0.15) is 23.9 Å². The standard InChI is InChI=1S/C9H14N2O2.C2H2O4/c1-6-3-9(13-10-6)8-4-7(12)5-11(8)2;3-1(4)2(5)6/h3,7-8,12H,4-5H2,1-2H3;(H,3,4)(H,5,6)/t7-,8+;/m0./s1. The minimum Gasteiger partial charge on any atom is -0.473 e. The highest BCUT2D eigenvalue weighted by atomic mass is 16.5. The van der Waals surface area contributed by atoms with Crippen molar-refractivity contribution < 1.29 is 29.4 Å². The van der Waals surface area contributed by atoms with Gasteiger partial charge in [-0.1, -0.05) is 5.16 Å². The number of carboxylic acid groups (broad SMARTS) is 2. The molecular formula is C11H16N2O6. The van der Waals surface area contributed by atoms with Gasteiger partial charge < -0.3 is 19.8 Å². The average Bonchev–Trinajstić information content (AvgIpc) is 2.85. The average molecular weight is 272 g/mol. The normalized spacial score (nSPS) is 22.7. The van der Waals surface area contributed by atoms with Crippen molar-refractivity contribution in [3.05, 3.63) is 17.5 Å². The number of hydrogen-bond acceptors (Lipinski definition) is 6. The van der Waals surface area contributed by atoms with E-state index in [0.717, 1.165) is 17.9 Å². The molecule has 0 radical (unpaired) electrons. The highest BCUT2D eigenvalue weighted by Crippen LogP contribution is 2.30. The highest BCUT2D eigenvalue weighted by molar-refractivity contribution is 6.27. The molecule has 106 valence electrons. The fourth-order valence-corrected chi connectivity index (χ4v) is 1.85. The maximum Gasteiger partial charge on any atom is 0.414 e. The molecule has 1 aromatic heterocycles. The Morgan fingerprint density at radius 2 is 2.00 bits per heavy atom. The van der Waals surface area contributed by atoms with Crippen molar-refractivity contribution in [2.45, 2.75) is 25.5 Å². The van der Waals surface area contributed by atoms with Gasteiger partial charge in [-0.3, -0.25) is 4.90 Å². The molecule has 1 aliphatic heterocycles. The number of hydrogen-bond donors (Lipinski definition) is 3. The quantitative estimate of drug-likeness (QED) is 0.604. The van der Waals surface area contributed by atoms with Gasteiger partial charge in [0.15, 0.2) is 5.76 Å². The van der Waals surface area contributed by atoms with Crippen LogP contribution in [-0.2, 0) is 9.59 Å². The molecule has 1 fully saturated rings. The molecule has 3 N–H and O–H groups in total. The van der Waals surface area contributed by atoms with Crippen LogP contribution in [0.5, 0.6) is 0 Å². The van der Waals surface area contributed by atoms with E-state index in [1.807, 2.05) is 20.0 Å². The number of likely N-dealkylation sites (N-methyl/N-ethyl adjacent to an activating group) is 1. The van der Waals surface area contributed by atoms with E-state index >= 15 is 0 Å². The molecule has 19 heavy (non-hydrogen) atoms. The van der Waals surface area contributed by atoms with Crippen molar-refractivity contribution in [3.63, 3.8) is 0 Å². The molecule has 2 heterocycles. The van der Waals surface area contributed by atoms with Crippen molar-refractivity contribution in [1.82, 2.24) is 10.1 Å². The number of aromatic nitrogens is 1. The molecular weight excluding hydrogens is 256 g/mol. The third-order valence-electron chi connectivity index (χ3n) is 2.68. The van der Waals surface area contributed by atoms with Gasteiger partial charge in [0.25, 0.3) is 0 Å². The number of rotatable bonds is 1. The number of aliphatic carboxylic acids is 2. The molecule has 1 aliphatic rings. The van der Waals surface area contributed by atoms with Gasteiger partial charge in [-0.05, 0) is 20.4 Å². The lowest BCUT2D eigenvalue weighted by Crippen LogP contribution is -2.18. The highest BCUT2D eigenvalue weighted by Gasteiger charge is 2.31. The zero-order valence-electron chi connectivity index (χ0n) is 10.6. The Morgan fingerprint density at radius 1 is 1.42 bits per heavy atom. The van der Waals surface area contributed by atoms with Gasteiger partial charge in [0.2, 0.25) is 0 Å². The maximum atomic E-state index is 9.43. The number of aliphatic hydroxyl groups is 1. The Hall–Kier alpha value is -1.93. The lowest BCUT2D eigenvalue weighted by molar-refractivity contribution is -0.159. The number of aryl methyl sites for hydroxylation is 1. The third kappa shape index (κ3) is 4.34. The van der Waals surface area contributed by atoms with Crippen molar-refractivity contribution in [2.24, 2.45) is 0 Å². The molecule has 1 aromatic rings. The fourth-order valence-electron chi connectivity index (χ4n) is 1.85. The van der Waals surface area contributed by atoms with Crippen molar-refractivity contribution in [3.8, 4) is 0 Å². The van der Waals surface area contributed by atoms with Crippen LogP contribution in [0.15, 0.2) is 10.6 Å². The number of carbonyl (C=O) groups is 2. The summed E-state index contributed by atoms with van der Waals surface area (Å²) in [6.45, 7) is 2.61. The predicted molar refractivity (Wildman–Crippen MR) is 62.5 cm³/mol. The van der Waals surface area contributed by atoms with Gasteiger partial charge in [-0.15, -0.1) is 0 Å². The second kappa shape index (κ2) is 6.30. The topological polar surface area (TPSA) is 124 Å². The van der Waals surface area contributed by atoms with Crippen LogP contribution in [0, 0.1) is 6.92 Å². The Bertz CT molecular complexity index is 446. The molecule has 2 atom stereocenters. The lowest BCUT2D eigenvalue weighted by Gasteiger charge is -2.14. The summed E-state index contributed by atoms with van der Waals surface area (Å²) in [6, 6.07) is 2.12. The first-order valence-electron chi connectivity index (χ1n) is 5.59. The number of likely N-dealkylation sites (tertiary alicyclic amines) is 1. The van der Waals surface area contributed by atoms with Crippen LogP contribution in [0.3, 0.4) is 0 Å². The molecule has 1 saturated heterocycles. The monoisotopic (exact) mass is 272 g/mol. The summed E-state index contributed by atoms with van der Waals surface area (Å²) in [6.07, 6.45) is 0.505. The number of β-amino-alcohol motifs (C(OH)–C–C–N with tert-alkyl or cyclic N) is 1. The molecule has 0 spiro atoms. The molecule has 2 rings (SSSR count). The van der Waals surface area contributed by atoms with Gasteiger partial charge in [0.1, 0.15) is 0 Å². The van der Waals surface area contributed by atoms with E-state index in [0.29, 0.717) is 6.54 Å². The minimum atomic E-state index is -1.82. The second-order valence-corrected chi connectivity index (χ2v) is 4.33. The summed E-state index contributed by atoms with van der Waals surface area (Å²) in [4.78, 5) is 20.3. The first-order valence-corrected chi connectivity index (χ1v) is 5.59. The van der Waals surface area contributed by atoms with E-state index in [1.54, 1.807) is 0 Å². The van der Waals surface area contributed by atoms with Crippen LogP contribution in [0.2, 0.25) is 0 Å². The molecule has 0 saturated carbocycles. The Balaban J connectivity index is 0.000000258. The van der Waals surface area contributed by atoms with Crippen LogP contribution >= 0.6 is 0 Å². The molecule has 0 aromatic carbocycles. The molecule has 0 aliphatic carbocycles. The van der Waals surface area contributed by atoms with Crippen LogP contribution in [0.25, 0.3) is 0 Å². The number of carboxylic acids is 2. The van der Waals surface area contributed by atoms with Gasteiger partial charge in [0.05, 0.1) is 17.8 Å². The summed E-state index contributed by atoms with van der Waals surface area (Å²) in [5.74, 6) is -2.79. The summed E-state index contributed by atoms with van der Waals surface area (Å²) in [5.41, 5.74) is 0.893. The first kappa shape index (κ1) is 15.1. The molecule has 8 nitrogen and oxygen atoms in total. The maximum absolute atomic E-state index is 9.43. The van der Waals surface area contributed by atoms with E-state index in [-0.39, 0.29) is 12.1 Å². The second-order valence-electron chi connectivity index (χ2n) is 4.33. The van der Waals surface area contributed by atoms with Crippen molar-refractivity contribution in [1.29, 1.82) is 0 Å². The summed E-state index contributed by atoms with van der Waals surface area (Å²) >= 11 is 0. The minimum absolute atomic E-state index is 0.191. The zero-order valence-corrected chi connectivity index (χ0v) is 10.6. The smallest absolute Gasteiger partial charge is 0.414 e. The summed E-state index contributed by atoms with van der Waals surface area (Å²) < 4.78 is 5.16. The zero-order chi connectivity index (χ0) is 14.6. The molecule has 0 bridgehead atoms. The van der Waals surface area contributed by atoms with E-state index in [1.165, 1.54) is 0 Å². The number of aliphatic hydroxyl groups excluding tert-OH is 1. The van der Waals surface area contributed by atoms with Crippen molar-refractivity contribution >= 4 is 11.9 Å². The largest absolute Gasteiger partial charge is 0.473 e. The van der Waals surface area contributed by atoms with E-state index in [9.17, 15) is 5.11 Å². The van der Waals surface area contributed by atoms with E-state index in [4.69, 9.17) is 24.3 Å². The fraction of sp³-hybridized carbons (Fsp3) is 0.545. The van der Waals surface area contributed by atoms with Crippen molar-refractivity contribution in [2.75, 3.05) is 13.6 Å². The van der Waals surface area contributed by atoms with Crippen LogP contribution in [0.4, 0.5) is 0 Å². The predicted octanol–water partition coefficient (Wildman–Crippen LogP) is -0.124. The van der Waals surface area contributed by atoms with Gasteiger partial charge in [0, 0.05) is 12.6 Å². The summed E-state index contributed by atoms with van der Waals surface area (Å²) in [7, 11) is 1.98. The number of nitrogens with zero attached hydrogens (tertiary/aromatic N) is 2. The summed E-state index contributed by atoms with van der Waals surface area (Å²) in [5, 5.41) is 28.1. The Kier molecular flexibility index (Phi) is 5.02. The van der Waals surface area contributed by atoms with Gasteiger partial charge in [-0.2, -0.15) is 0 Å². The molecule has 0 amide bonds. The van der Waals surface area contributed by atoms with Gasteiger partial charge >= 0.3 is 11.9 Å². The van der Waals surface area contributed by atoms with Gasteiger partial charge in [-0.25, -0.2) is 9.59 Å². The molecule has 0 unspecified atom stereocenters. The Morgan fingerprint density at radius 3 is 2.32 bits per heavy atom. The third-order valence-corrected chi connectivity index (χ3v) is 2.68. The van der Waals surface area contributed by atoms with E-state index in [2.05, 4.69) is 10.1 Å². The van der Waals surface area contributed by atoms with E-state index < -0.39 is 11.9 Å². The Labute approximate surface area is 109 Å².